The van der Waals surface area contributed by atoms with Gasteiger partial charge in [0.2, 0.25) is 0 Å². The van der Waals surface area contributed by atoms with Crippen LogP contribution in [0.2, 0.25) is 5.02 Å². The smallest absolute Gasteiger partial charge is 0.416 e. The lowest BCUT2D eigenvalue weighted by molar-refractivity contribution is -0.145. The Bertz CT molecular complexity index is 1620. The zero-order valence-corrected chi connectivity index (χ0v) is 21.4. The summed E-state index contributed by atoms with van der Waals surface area (Å²) in [7, 11) is 1.37. The van der Waals surface area contributed by atoms with Crippen LogP contribution in [-0.4, -0.2) is 42.2 Å². The number of benzene rings is 3. The molecule has 0 aliphatic carbocycles. The molecule has 0 fully saturated rings. The summed E-state index contributed by atoms with van der Waals surface area (Å²) in [5.74, 6) is -0.408. The Morgan fingerprint density at radius 2 is 1.90 bits per heavy atom. The highest BCUT2D eigenvalue weighted by Gasteiger charge is 2.31. The van der Waals surface area contributed by atoms with E-state index in [1.807, 2.05) is 0 Å². The first-order valence-corrected chi connectivity index (χ1v) is 11.9. The van der Waals surface area contributed by atoms with Gasteiger partial charge in [0.05, 0.1) is 41.4 Å². The van der Waals surface area contributed by atoms with Crippen molar-refractivity contribution in [3.05, 3.63) is 87.2 Å². The van der Waals surface area contributed by atoms with E-state index in [1.165, 1.54) is 37.6 Å². The third kappa shape index (κ3) is 6.20. The van der Waals surface area contributed by atoms with Crippen molar-refractivity contribution in [3.8, 4) is 22.9 Å². The third-order valence-electron chi connectivity index (χ3n) is 5.42. The van der Waals surface area contributed by atoms with Gasteiger partial charge in [-0.25, -0.2) is 9.78 Å². The lowest BCUT2D eigenvalue weighted by Crippen LogP contribution is -2.20. The number of hydrogen-bond donors (Lipinski definition) is 0. The zero-order chi connectivity index (χ0) is 28.2. The molecule has 0 aliphatic rings. The van der Waals surface area contributed by atoms with Gasteiger partial charge < -0.3 is 14.2 Å². The fourth-order valence-electron chi connectivity index (χ4n) is 3.66. The number of methoxy groups -OCH3 is 1. The largest absolute Gasteiger partial charge is 0.493 e. The Labute approximate surface area is 225 Å². The Kier molecular flexibility index (Phi) is 8.20. The van der Waals surface area contributed by atoms with Crippen LogP contribution in [0.15, 0.2) is 70.6 Å². The van der Waals surface area contributed by atoms with Gasteiger partial charge in [-0.15, -0.1) is 0 Å². The molecule has 0 radical (unpaired) electrons. The maximum atomic E-state index is 13.4. The molecule has 39 heavy (non-hydrogen) atoms. The molecule has 12 heteroatoms. The van der Waals surface area contributed by atoms with Crippen molar-refractivity contribution >= 4 is 34.7 Å². The summed E-state index contributed by atoms with van der Waals surface area (Å²) in [5.41, 5.74) is -0.766. The lowest BCUT2D eigenvalue weighted by Gasteiger charge is -2.13. The Morgan fingerprint density at radius 3 is 2.62 bits per heavy atom. The van der Waals surface area contributed by atoms with Gasteiger partial charge in [0.15, 0.2) is 23.9 Å². The molecule has 202 valence electrons. The number of esters is 1. The summed E-state index contributed by atoms with van der Waals surface area (Å²) in [6.45, 7) is 1.46. The predicted octanol–water partition coefficient (Wildman–Crippen LogP) is 5.57. The van der Waals surface area contributed by atoms with E-state index in [2.05, 4.69) is 10.1 Å². The molecule has 0 unspecified atom stereocenters. The minimum absolute atomic E-state index is 0.0446. The summed E-state index contributed by atoms with van der Waals surface area (Å²) in [4.78, 5) is 29.4. The van der Waals surface area contributed by atoms with Gasteiger partial charge >= 0.3 is 12.1 Å². The molecule has 0 atom stereocenters. The highest BCUT2D eigenvalue weighted by molar-refractivity contribution is 6.32. The van der Waals surface area contributed by atoms with Gasteiger partial charge in [0, 0.05) is 5.56 Å². The molecule has 0 N–H and O–H groups in total. The average molecular weight is 560 g/mol. The molecule has 0 spiro atoms. The van der Waals surface area contributed by atoms with Gasteiger partial charge in [-0.2, -0.15) is 22.9 Å². The monoisotopic (exact) mass is 559 g/mol. The molecular formula is C27H21ClF3N3O5. The van der Waals surface area contributed by atoms with E-state index < -0.39 is 29.9 Å². The molecule has 8 nitrogen and oxygen atoms in total. The van der Waals surface area contributed by atoms with E-state index in [0.717, 1.165) is 16.8 Å². The number of carbonyl (C=O) groups is 1. The molecule has 3 aromatic carbocycles. The Balaban J connectivity index is 1.79. The number of alkyl halides is 3. The van der Waals surface area contributed by atoms with Crippen molar-refractivity contribution in [1.82, 2.24) is 9.66 Å². The van der Waals surface area contributed by atoms with Crippen LogP contribution in [0.4, 0.5) is 13.2 Å². The molecule has 1 aromatic heterocycles. The second-order valence-corrected chi connectivity index (χ2v) is 8.43. The van der Waals surface area contributed by atoms with Crippen LogP contribution >= 0.6 is 11.6 Å². The number of halogens is 4. The summed E-state index contributed by atoms with van der Waals surface area (Å²) >= 11 is 6.35. The van der Waals surface area contributed by atoms with Crippen LogP contribution in [-0.2, 0) is 15.7 Å². The van der Waals surface area contributed by atoms with E-state index in [9.17, 15) is 22.8 Å². The Morgan fingerprint density at radius 1 is 1.13 bits per heavy atom. The topological polar surface area (TPSA) is 92.0 Å². The fourth-order valence-corrected chi connectivity index (χ4v) is 3.94. The van der Waals surface area contributed by atoms with Gasteiger partial charge in [0.25, 0.3) is 5.56 Å². The first-order chi connectivity index (χ1) is 18.6. The fraction of sp³-hybridized carbons (Fsp3) is 0.185. The van der Waals surface area contributed by atoms with Crippen molar-refractivity contribution in [3.63, 3.8) is 0 Å². The molecule has 0 saturated carbocycles. The van der Waals surface area contributed by atoms with Crippen molar-refractivity contribution < 1.29 is 32.2 Å². The number of hydrogen-bond acceptors (Lipinski definition) is 7. The lowest BCUT2D eigenvalue weighted by atomic mass is 10.1. The number of carbonyl (C=O) groups excluding carboxylic acids is 1. The van der Waals surface area contributed by atoms with E-state index >= 15 is 0 Å². The second kappa shape index (κ2) is 11.6. The Hall–Kier alpha value is -4.38. The maximum absolute atomic E-state index is 13.4. The normalized spacial score (nSPS) is 11.6. The van der Waals surface area contributed by atoms with Crippen molar-refractivity contribution in [2.75, 3.05) is 20.3 Å². The highest BCUT2D eigenvalue weighted by Crippen LogP contribution is 2.36. The predicted molar refractivity (Wildman–Crippen MR) is 140 cm³/mol. The van der Waals surface area contributed by atoms with Crippen molar-refractivity contribution in [1.29, 1.82) is 0 Å². The number of fused-ring (bicyclic) bond motifs is 1. The highest BCUT2D eigenvalue weighted by atomic mass is 35.5. The van der Waals surface area contributed by atoms with Crippen molar-refractivity contribution in [2.45, 2.75) is 13.1 Å². The minimum Gasteiger partial charge on any atom is -0.493 e. The van der Waals surface area contributed by atoms with E-state index in [1.54, 1.807) is 31.2 Å². The van der Waals surface area contributed by atoms with Gasteiger partial charge in [0.1, 0.15) is 0 Å². The van der Waals surface area contributed by atoms with Gasteiger partial charge in [-0.1, -0.05) is 35.9 Å². The number of nitrogens with zero attached hydrogens (tertiary/aromatic N) is 3. The molecule has 0 amide bonds. The minimum atomic E-state index is -4.59. The maximum Gasteiger partial charge on any atom is 0.416 e. The molecule has 4 rings (SSSR count). The summed E-state index contributed by atoms with van der Waals surface area (Å²) in [6.07, 6.45) is -3.32. The summed E-state index contributed by atoms with van der Waals surface area (Å²) < 4.78 is 56.7. The van der Waals surface area contributed by atoms with Gasteiger partial charge in [-0.3, -0.25) is 4.79 Å². The van der Waals surface area contributed by atoms with Crippen LogP contribution in [0.5, 0.6) is 11.5 Å². The summed E-state index contributed by atoms with van der Waals surface area (Å²) in [6, 6.07) is 13.9. The molecule has 0 aliphatic heterocycles. The second-order valence-electron chi connectivity index (χ2n) is 8.02. The molecule has 0 saturated heterocycles. The number of para-hydroxylation sites is 1. The van der Waals surface area contributed by atoms with E-state index in [0.29, 0.717) is 11.1 Å². The van der Waals surface area contributed by atoms with Crippen LogP contribution in [0.3, 0.4) is 0 Å². The number of aromatic nitrogens is 2. The average Bonchev–Trinajstić information content (AvgIpc) is 2.91. The van der Waals surface area contributed by atoms with Crippen LogP contribution in [0.1, 0.15) is 18.1 Å². The van der Waals surface area contributed by atoms with Crippen LogP contribution in [0, 0.1) is 0 Å². The number of ether oxygens (including phenoxy) is 3. The van der Waals surface area contributed by atoms with Crippen LogP contribution in [0.25, 0.3) is 22.3 Å². The molecule has 1 heterocycles. The standard InChI is InChI=1S/C27H21ClF3N3O5/c1-3-38-23(35)15-39-24-20(28)11-16(12-22(24)37-2)14-32-34-25(17-7-6-8-18(13-17)27(29,30)31)33-21-10-5-4-9-19(21)26(34)36/h4-14H,3,15H2,1-2H3. The SMILES string of the molecule is CCOC(=O)COc1c(Cl)cc(C=Nn2c(-c3cccc(C(F)(F)F)c3)nc3ccccc3c2=O)cc1OC. The first-order valence-electron chi connectivity index (χ1n) is 11.5. The zero-order valence-electron chi connectivity index (χ0n) is 20.7. The molecule has 0 bridgehead atoms. The quantitative estimate of drug-likeness (QED) is 0.207. The third-order valence-corrected chi connectivity index (χ3v) is 5.70. The first kappa shape index (κ1) is 27.6. The van der Waals surface area contributed by atoms with Crippen molar-refractivity contribution in [2.24, 2.45) is 5.10 Å². The number of rotatable bonds is 8. The van der Waals surface area contributed by atoms with E-state index in [4.69, 9.17) is 25.8 Å². The van der Waals surface area contributed by atoms with Crippen LogP contribution < -0.4 is 15.0 Å². The van der Waals surface area contributed by atoms with E-state index in [-0.39, 0.29) is 39.9 Å². The van der Waals surface area contributed by atoms with Gasteiger partial charge in [-0.05, 0) is 48.9 Å². The molecular weight excluding hydrogens is 539 g/mol. The summed E-state index contributed by atoms with van der Waals surface area (Å²) in [5, 5.41) is 4.56. The molecule has 4 aromatic rings.